The van der Waals surface area contributed by atoms with Crippen LogP contribution in [0.1, 0.15) is 16.8 Å². The van der Waals surface area contributed by atoms with E-state index in [9.17, 15) is 13.2 Å². The van der Waals surface area contributed by atoms with E-state index >= 15 is 0 Å². The standard InChI is InChI=1S/C17H15Cl2NO3S/c18-13-3-1-12(2-4-13)17(21)20(15-7-5-14(19)6-8-15)16-9-10-24(22,23)11-16/h1-8,16H,9-11H2. The fourth-order valence-electron chi connectivity index (χ4n) is 2.81. The minimum atomic E-state index is -3.12. The van der Waals surface area contributed by atoms with E-state index < -0.39 is 9.84 Å². The van der Waals surface area contributed by atoms with Crippen molar-refractivity contribution in [1.29, 1.82) is 0 Å². The molecule has 4 nitrogen and oxygen atoms in total. The lowest BCUT2D eigenvalue weighted by molar-refractivity contribution is 0.0979. The van der Waals surface area contributed by atoms with Crippen LogP contribution in [0.3, 0.4) is 0 Å². The Morgan fingerprint density at radius 1 is 0.958 bits per heavy atom. The molecule has 0 aromatic heterocycles. The SMILES string of the molecule is O=C(c1ccc(Cl)cc1)N(c1ccc(Cl)cc1)C1CCS(=O)(=O)C1. The van der Waals surface area contributed by atoms with Crippen LogP contribution in [0.5, 0.6) is 0 Å². The molecule has 1 atom stereocenters. The van der Waals surface area contributed by atoms with E-state index in [1.165, 1.54) is 0 Å². The first kappa shape index (κ1) is 17.3. The molecule has 0 saturated carbocycles. The smallest absolute Gasteiger partial charge is 0.258 e. The summed E-state index contributed by atoms with van der Waals surface area (Å²) >= 11 is 11.8. The second kappa shape index (κ2) is 6.75. The summed E-state index contributed by atoms with van der Waals surface area (Å²) in [6, 6.07) is 13.0. The van der Waals surface area contributed by atoms with Crippen LogP contribution in [0.2, 0.25) is 10.0 Å². The number of anilines is 1. The highest BCUT2D eigenvalue weighted by Crippen LogP contribution is 2.28. The van der Waals surface area contributed by atoms with Gasteiger partial charge in [-0.1, -0.05) is 23.2 Å². The number of carbonyl (C=O) groups is 1. The molecule has 1 saturated heterocycles. The Balaban J connectivity index is 1.99. The van der Waals surface area contributed by atoms with E-state index in [2.05, 4.69) is 0 Å². The molecule has 1 heterocycles. The van der Waals surface area contributed by atoms with Crippen LogP contribution in [0.25, 0.3) is 0 Å². The summed E-state index contributed by atoms with van der Waals surface area (Å²) in [7, 11) is -3.12. The molecule has 0 aliphatic carbocycles. The minimum Gasteiger partial charge on any atom is -0.304 e. The largest absolute Gasteiger partial charge is 0.304 e. The highest BCUT2D eigenvalue weighted by molar-refractivity contribution is 7.91. The molecule has 1 fully saturated rings. The van der Waals surface area contributed by atoms with Gasteiger partial charge in [-0.2, -0.15) is 0 Å². The molecule has 1 amide bonds. The Labute approximate surface area is 150 Å². The molecule has 2 aromatic carbocycles. The number of hydrogen-bond donors (Lipinski definition) is 0. The van der Waals surface area contributed by atoms with Gasteiger partial charge in [-0.25, -0.2) is 8.42 Å². The van der Waals surface area contributed by atoms with Crippen LogP contribution in [-0.2, 0) is 9.84 Å². The van der Waals surface area contributed by atoms with Crippen LogP contribution < -0.4 is 4.90 Å². The lowest BCUT2D eigenvalue weighted by Crippen LogP contribution is -2.41. The molecule has 0 radical (unpaired) electrons. The van der Waals surface area contributed by atoms with E-state index in [4.69, 9.17) is 23.2 Å². The predicted molar refractivity (Wildman–Crippen MR) is 96.8 cm³/mol. The number of nitrogens with zero attached hydrogens (tertiary/aromatic N) is 1. The maximum Gasteiger partial charge on any atom is 0.258 e. The summed E-state index contributed by atoms with van der Waals surface area (Å²) in [5, 5.41) is 1.09. The van der Waals surface area contributed by atoms with Gasteiger partial charge in [0.2, 0.25) is 0 Å². The lowest BCUT2D eigenvalue weighted by atomic mass is 10.1. The van der Waals surface area contributed by atoms with Gasteiger partial charge in [0.1, 0.15) is 0 Å². The van der Waals surface area contributed by atoms with Gasteiger partial charge in [-0.05, 0) is 55.0 Å². The van der Waals surface area contributed by atoms with E-state index in [0.717, 1.165) is 0 Å². The van der Waals surface area contributed by atoms with Crippen molar-refractivity contribution in [2.75, 3.05) is 16.4 Å². The quantitative estimate of drug-likeness (QED) is 0.808. The minimum absolute atomic E-state index is 0.0328. The average molecular weight is 384 g/mol. The van der Waals surface area contributed by atoms with Gasteiger partial charge in [-0.3, -0.25) is 4.79 Å². The molecule has 1 aliphatic rings. The number of benzene rings is 2. The Morgan fingerprint density at radius 2 is 1.50 bits per heavy atom. The van der Waals surface area contributed by atoms with Crippen LogP contribution in [0.15, 0.2) is 48.5 Å². The zero-order chi connectivity index (χ0) is 17.3. The molecule has 126 valence electrons. The number of carbonyl (C=O) groups excluding carboxylic acids is 1. The van der Waals surface area contributed by atoms with Crippen molar-refractivity contribution in [3.05, 3.63) is 64.1 Å². The number of rotatable bonds is 3. The van der Waals surface area contributed by atoms with Gasteiger partial charge in [-0.15, -0.1) is 0 Å². The zero-order valence-electron chi connectivity index (χ0n) is 12.7. The monoisotopic (exact) mass is 383 g/mol. The number of amides is 1. The zero-order valence-corrected chi connectivity index (χ0v) is 15.0. The Hall–Kier alpha value is -1.56. The molecule has 1 unspecified atom stereocenters. The van der Waals surface area contributed by atoms with Crippen LogP contribution in [-0.4, -0.2) is 31.9 Å². The average Bonchev–Trinajstić information content (AvgIpc) is 2.90. The molecule has 1 aliphatic heterocycles. The van der Waals surface area contributed by atoms with Gasteiger partial charge >= 0.3 is 0 Å². The van der Waals surface area contributed by atoms with Crippen molar-refractivity contribution in [1.82, 2.24) is 0 Å². The summed E-state index contributed by atoms with van der Waals surface area (Å²) in [6.07, 6.45) is 0.421. The molecule has 2 aromatic rings. The molecular formula is C17H15Cl2NO3S. The van der Waals surface area contributed by atoms with Gasteiger partial charge in [0, 0.05) is 21.3 Å². The number of hydrogen-bond acceptors (Lipinski definition) is 3. The molecule has 7 heteroatoms. The first-order chi connectivity index (χ1) is 11.4. The molecule has 24 heavy (non-hydrogen) atoms. The molecule has 0 bridgehead atoms. The summed E-state index contributed by atoms with van der Waals surface area (Å²) < 4.78 is 23.7. The molecule has 0 N–H and O–H groups in total. The van der Waals surface area contributed by atoms with Gasteiger partial charge in [0.05, 0.1) is 17.5 Å². The fraction of sp³-hybridized carbons (Fsp3) is 0.235. The predicted octanol–water partition coefficient (Wildman–Crippen LogP) is 3.83. The van der Waals surface area contributed by atoms with E-state index in [0.29, 0.717) is 27.7 Å². The van der Waals surface area contributed by atoms with Crippen LogP contribution >= 0.6 is 23.2 Å². The Morgan fingerprint density at radius 3 is 2.00 bits per heavy atom. The third kappa shape index (κ3) is 3.74. The summed E-state index contributed by atoms with van der Waals surface area (Å²) in [5.74, 6) is -0.193. The van der Waals surface area contributed by atoms with Crippen molar-refractivity contribution >= 4 is 44.6 Å². The third-order valence-electron chi connectivity index (χ3n) is 3.99. The van der Waals surface area contributed by atoms with E-state index in [1.54, 1.807) is 53.4 Å². The topological polar surface area (TPSA) is 54.5 Å². The first-order valence-corrected chi connectivity index (χ1v) is 9.98. The second-order valence-electron chi connectivity index (χ2n) is 5.72. The van der Waals surface area contributed by atoms with Gasteiger partial charge in [0.25, 0.3) is 5.91 Å². The van der Waals surface area contributed by atoms with E-state index in [-0.39, 0.29) is 23.5 Å². The number of halogens is 2. The highest BCUT2D eigenvalue weighted by atomic mass is 35.5. The van der Waals surface area contributed by atoms with E-state index in [1.807, 2.05) is 0 Å². The highest BCUT2D eigenvalue weighted by Gasteiger charge is 2.35. The summed E-state index contributed by atoms with van der Waals surface area (Å²) in [6.45, 7) is 0. The van der Waals surface area contributed by atoms with Crippen LogP contribution in [0.4, 0.5) is 5.69 Å². The van der Waals surface area contributed by atoms with Gasteiger partial charge in [0.15, 0.2) is 9.84 Å². The van der Waals surface area contributed by atoms with Crippen LogP contribution in [0, 0.1) is 0 Å². The van der Waals surface area contributed by atoms with Gasteiger partial charge < -0.3 is 4.90 Å². The lowest BCUT2D eigenvalue weighted by Gasteiger charge is -2.28. The second-order valence-corrected chi connectivity index (χ2v) is 8.82. The fourth-order valence-corrected chi connectivity index (χ4v) is 4.76. The Kier molecular flexibility index (Phi) is 4.85. The number of sulfone groups is 1. The van der Waals surface area contributed by atoms with Crippen molar-refractivity contribution in [3.63, 3.8) is 0 Å². The van der Waals surface area contributed by atoms with Crippen molar-refractivity contribution in [2.45, 2.75) is 12.5 Å². The molecule has 0 spiro atoms. The third-order valence-corrected chi connectivity index (χ3v) is 6.24. The van der Waals surface area contributed by atoms with Crippen molar-refractivity contribution in [2.24, 2.45) is 0 Å². The first-order valence-electron chi connectivity index (χ1n) is 7.41. The van der Waals surface area contributed by atoms with Crippen molar-refractivity contribution < 1.29 is 13.2 Å². The summed E-state index contributed by atoms with van der Waals surface area (Å²) in [5.41, 5.74) is 1.08. The normalized spacial score (nSPS) is 19.2. The Bertz CT molecular complexity index is 848. The van der Waals surface area contributed by atoms with Crippen molar-refractivity contribution in [3.8, 4) is 0 Å². The maximum absolute atomic E-state index is 13.0. The molecule has 3 rings (SSSR count). The molecular weight excluding hydrogens is 369 g/mol. The maximum atomic E-state index is 13.0. The summed E-state index contributed by atoms with van der Waals surface area (Å²) in [4.78, 5) is 14.5.